The fourth-order valence-electron chi connectivity index (χ4n) is 3.87. The number of anilines is 1. The van der Waals surface area contributed by atoms with Gasteiger partial charge in [-0.15, -0.1) is 0 Å². The summed E-state index contributed by atoms with van der Waals surface area (Å²) in [5.74, 6) is -0.413. The van der Waals surface area contributed by atoms with Gasteiger partial charge in [0.15, 0.2) is 6.61 Å². The number of hydrogen-bond donors (Lipinski definition) is 2. The number of ether oxygens (including phenoxy) is 1. The maximum absolute atomic E-state index is 12.8. The minimum atomic E-state index is -3.73. The van der Waals surface area contributed by atoms with Gasteiger partial charge in [0.2, 0.25) is 15.9 Å². The molecule has 0 aliphatic carbocycles. The number of piperidine rings is 1. The van der Waals surface area contributed by atoms with Crippen LogP contribution in [0.5, 0.6) is 11.5 Å². The molecule has 2 aromatic rings. The molecule has 34 heavy (non-hydrogen) atoms. The number of phenols is 1. The fraction of sp³-hybridized carbons (Fsp3) is 0.417. The summed E-state index contributed by atoms with van der Waals surface area (Å²) in [5, 5.41) is 12.8. The fourth-order valence-corrected chi connectivity index (χ4v) is 5.35. The molecule has 184 valence electrons. The van der Waals surface area contributed by atoms with Gasteiger partial charge < -0.3 is 20.1 Å². The first-order chi connectivity index (χ1) is 16.3. The van der Waals surface area contributed by atoms with Gasteiger partial charge >= 0.3 is 0 Å². The number of carbonyl (C=O) groups excluding carboxylic acids is 2. The van der Waals surface area contributed by atoms with E-state index in [9.17, 15) is 23.1 Å². The minimum Gasteiger partial charge on any atom is -0.506 e. The van der Waals surface area contributed by atoms with Crippen molar-refractivity contribution in [2.45, 2.75) is 31.6 Å². The Bertz CT molecular complexity index is 1090. The third-order valence-corrected chi connectivity index (χ3v) is 7.94. The highest BCUT2D eigenvalue weighted by Gasteiger charge is 2.29. The second kappa shape index (κ2) is 11.3. The van der Waals surface area contributed by atoms with E-state index < -0.39 is 10.0 Å². The molecule has 1 heterocycles. The van der Waals surface area contributed by atoms with Gasteiger partial charge in [0.05, 0.1) is 10.6 Å². The predicted octanol–water partition coefficient (Wildman–Crippen LogP) is 2.68. The molecule has 0 saturated carbocycles. The van der Waals surface area contributed by atoms with Crippen molar-refractivity contribution in [1.29, 1.82) is 0 Å². The van der Waals surface area contributed by atoms with Gasteiger partial charge in [0.1, 0.15) is 11.5 Å². The van der Waals surface area contributed by atoms with Crippen LogP contribution in [0.4, 0.5) is 5.69 Å². The van der Waals surface area contributed by atoms with Crippen molar-refractivity contribution in [1.82, 2.24) is 9.21 Å². The zero-order valence-electron chi connectivity index (χ0n) is 19.4. The number of amides is 2. The van der Waals surface area contributed by atoms with Gasteiger partial charge in [0, 0.05) is 32.1 Å². The summed E-state index contributed by atoms with van der Waals surface area (Å²) in [5.41, 5.74) is 0.0491. The number of rotatable bonds is 9. The molecule has 2 aromatic carbocycles. The number of likely N-dealkylation sites (tertiary alicyclic amines) is 1. The number of carbonyl (C=O) groups is 2. The molecule has 1 aliphatic heterocycles. The highest BCUT2D eigenvalue weighted by Crippen LogP contribution is 2.29. The lowest BCUT2D eigenvalue weighted by molar-refractivity contribution is -0.136. The number of para-hydroxylation sites is 1. The van der Waals surface area contributed by atoms with Crippen molar-refractivity contribution >= 4 is 27.5 Å². The van der Waals surface area contributed by atoms with Crippen molar-refractivity contribution in [2.75, 3.05) is 38.1 Å². The molecule has 3 rings (SSSR count). The summed E-state index contributed by atoms with van der Waals surface area (Å²) in [6, 6.07) is 12.9. The van der Waals surface area contributed by atoms with Crippen LogP contribution < -0.4 is 10.1 Å². The largest absolute Gasteiger partial charge is 0.506 e. The van der Waals surface area contributed by atoms with E-state index in [4.69, 9.17) is 4.74 Å². The Hall–Kier alpha value is -3.11. The van der Waals surface area contributed by atoms with E-state index in [0.29, 0.717) is 44.8 Å². The molecule has 1 saturated heterocycles. The molecule has 2 N–H and O–H groups in total. The number of benzene rings is 2. The van der Waals surface area contributed by atoms with Gasteiger partial charge in [-0.05, 0) is 43.2 Å². The summed E-state index contributed by atoms with van der Waals surface area (Å²) in [4.78, 5) is 26.9. The summed E-state index contributed by atoms with van der Waals surface area (Å²) in [6.07, 6.45) is 0.919. The van der Waals surface area contributed by atoms with Gasteiger partial charge in [-0.25, -0.2) is 8.42 Å². The maximum Gasteiger partial charge on any atom is 0.260 e. The highest BCUT2D eigenvalue weighted by atomic mass is 32.2. The SMILES string of the molecule is CCN(CC)S(=O)(=O)c1ccc(O)c(NC(=O)C2CCN(C(=O)COc3ccccc3)CC2)c1. The first-order valence-corrected chi connectivity index (χ1v) is 12.8. The Kier molecular flexibility index (Phi) is 8.51. The standard InChI is InChI=1S/C24H31N3O6S/c1-3-27(4-2)34(31,32)20-10-11-22(28)21(16-20)25-24(30)18-12-14-26(15-13-18)23(29)17-33-19-8-6-5-7-9-19/h5-11,16,18,28H,3-4,12-15,17H2,1-2H3,(H,25,30). The predicted molar refractivity (Wildman–Crippen MR) is 128 cm³/mol. The van der Waals surface area contributed by atoms with Crippen LogP contribution in [0.1, 0.15) is 26.7 Å². The lowest BCUT2D eigenvalue weighted by Gasteiger charge is -2.31. The molecule has 1 aliphatic rings. The Morgan fingerprint density at radius 2 is 1.74 bits per heavy atom. The number of nitrogens with zero attached hydrogens (tertiary/aromatic N) is 2. The first kappa shape index (κ1) is 25.5. The molecule has 0 bridgehead atoms. The zero-order chi connectivity index (χ0) is 24.7. The van der Waals surface area contributed by atoms with E-state index in [1.807, 2.05) is 18.2 Å². The van der Waals surface area contributed by atoms with E-state index in [2.05, 4.69) is 5.32 Å². The van der Waals surface area contributed by atoms with Crippen LogP contribution in [0, 0.1) is 5.92 Å². The third-order valence-electron chi connectivity index (χ3n) is 5.89. The van der Waals surface area contributed by atoms with Gasteiger partial charge in [0.25, 0.3) is 5.91 Å². The van der Waals surface area contributed by atoms with E-state index in [-0.39, 0.29) is 40.7 Å². The topological polar surface area (TPSA) is 116 Å². The molecule has 10 heteroatoms. The van der Waals surface area contributed by atoms with Crippen LogP contribution in [0.3, 0.4) is 0 Å². The lowest BCUT2D eigenvalue weighted by atomic mass is 9.95. The zero-order valence-corrected chi connectivity index (χ0v) is 20.3. The van der Waals surface area contributed by atoms with Crippen molar-refractivity contribution in [2.24, 2.45) is 5.92 Å². The second-order valence-electron chi connectivity index (χ2n) is 8.01. The average Bonchev–Trinajstić information content (AvgIpc) is 2.85. The van der Waals surface area contributed by atoms with Gasteiger partial charge in [-0.3, -0.25) is 9.59 Å². The number of nitrogens with one attached hydrogen (secondary N) is 1. The smallest absolute Gasteiger partial charge is 0.260 e. The Balaban J connectivity index is 1.57. The first-order valence-electron chi connectivity index (χ1n) is 11.4. The molecule has 0 atom stereocenters. The average molecular weight is 490 g/mol. The monoisotopic (exact) mass is 489 g/mol. The van der Waals surface area contributed by atoms with Crippen LogP contribution in [-0.4, -0.2) is 67.3 Å². The molecule has 0 unspecified atom stereocenters. The molecule has 0 radical (unpaired) electrons. The lowest BCUT2D eigenvalue weighted by Crippen LogP contribution is -2.43. The molecule has 0 spiro atoms. The van der Waals surface area contributed by atoms with Gasteiger partial charge in [-0.1, -0.05) is 32.0 Å². The Morgan fingerprint density at radius 1 is 1.09 bits per heavy atom. The normalized spacial score (nSPS) is 14.7. The van der Waals surface area contributed by atoms with E-state index in [1.54, 1.807) is 30.9 Å². The van der Waals surface area contributed by atoms with Crippen molar-refractivity contribution in [3.63, 3.8) is 0 Å². The van der Waals surface area contributed by atoms with E-state index in [0.717, 1.165) is 0 Å². The third kappa shape index (κ3) is 6.06. The molecule has 9 nitrogen and oxygen atoms in total. The highest BCUT2D eigenvalue weighted by molar-refractivity contribution is 7.89. The number of phenolic OH excluding ortho intramolecular Hbond substituents is 1. The molecular weight excluding hydrogens is 458 g/mol. The Labute approximate surface area is 200 Å². The second-order valence-corrected chi connectivity index (χ2v) is 9.95. The molecular formula is C24H31N3O6S. The van der Waals surface area contributed by atoms with Crippen molar-refractivity contribution in [3.05, 3.63) is 48.5 Å². The van der Waals surface area contributed by atoms with Crippen LogP contribution in [0.15, 0.2) is 53.4 Å². The number of hydrogen-bond acceptors (Lipinski definition) is 6. The van der Waals surface area contributed by atoms with Crippen molar-refractivity contribution in [3.8, 4) is 11.5 Å². The van der Waals surface area contributed by atoms with Gasteiger partial charge in [-0.2, -0.15) is 4.31 Å². The van der Waals surface area contributed by atoms with Crippen LogP contribution >= 0.6 is 0 Å². The minimum absolute atomic E-state index is 0.00290. The summed E-state index contributed by atoms with van der Waals surface area (Å²) >= 11 is 0. The maximum atomic E-state index is 12.8. The van der Waals surface area contributed by atoms with E-state index >= 15 is 0 Å². The number of aromatic hydroxyl groups is 1. The van der Waals surface area contributed by atoms with Crippen LogP contribution in [-0.2, 0) is 19.6 Å². The quantitative estimate of drug-likeness (QED) is 0.523. The summed E-state index contributed by atoms with van der Waals surface area (Å²) in [7, 11) is -3.73. The summed E-state index contributed by atoms with van der Waals surface area (Å²) < 4.78 is 32.4. The van der Waals surface area contributed by atoms with Crippen molar-refractivity contribution < 1.29 is 27.9 Å². The van der Waals surface area contributed by atoms with Crippen LogP contribution in [0.25, 0.3) is 0 Å². The summed E-state index contributed by atoms with van der Waals surface area (Å²) in [6.45, 7) is 4.88. The van der Waals surface area contributed by atoms with Crippen LogP contribution in [0.2, 0.25) is 0 Å². The molecule has 1 fully saturated rings. The van der Waals surface area contributed by atoms with E-state index in [1.165, 1.54) is 22.5 Å². The molecule has 2 amide bonds. The number of sulfonamides is 1. The Morgan fingerprint density at radius 3 is 2.35 bits per heavy atom. The molecule has 0 aromatic heterocycles.